The molecule has 2 aromatic heterocycles. The smallest absolute Gasteiger partial charge is 0.185 e. The van der Waals surface area contributed by atoms with Gasteiger partial charge in [-0.05, 0) is 36.8 Å². The molecule has 138 valence electrons. The molecule has 0 spiro atoms. The molecule has 0 bridgehead atoms. The van der Waals surface area contributed by atoms with Crippen molar-refractivity contribution < 1.29 is 9.47 Å². The number of aryl methyl sites for hydroxylation is 1. The summed E-state index contributed by atoms with van der Waals surface area (Å²) in [5.41, 5.74) is 1.82. The molecule has 4 rings (SSSR count). The zero-order valence-corrected chi connectivity index (χ0v) is 16.7. The number of fused-ring (bicyclic) bond motifs is 3. The predicted molar refractivity (Wildman–Crippen MR) is 108 cm³/mol. The normalized spacial score (nSPS) is 11.1. The number of methoxy groups -OCH3 is 2. The Morgan fingerprint density at radius 3 is 2.48 bits per heavy atom. The van der Waals surface area contributed by atoms with Gasteiger partial charge in [0.05, 0.1) is 14.2 Å². The molecule has 4 aromatic rings. The summed E-state index contributed by atoms with van der Waals surface area (Å²) in [7, 11) is 3.23. The quantitative estimate of drug-likeness (QED) is 0.519. The Morgan fingerprint density at radius 2 is 1.78 bits per heavy atom. The number of ether oxygens (including phenoxy) is 2. The van der Waals surface area contributed by atoms with Gasteiger partial charge in [0.15, 0.2) is 28.8 Å². The van der Waals surface area contributed by atoms with Crippen molar-refractivity contribution in [3.63, 3.8) is 0 Å². The van der Waals surface area contributed by atoms with Crippen molar-refractivity contribution in [1.29, 1.82) is 0 Å². The first kappa shape index (κ1) is 17.5. The molecule has 7 nitrogen and oxygen atoms in total. The fourth-order valence-corrected chi connectivity index (χ4v) is 3.47. The molecule has 0 aliphatic heterocycles. The molecule has 0 fully saturated rings. The molecule has 2 heterocycles. The molecule has 0 saturated heterocycles. The Morgan fingerprint density at radius 1 is 1.04 bits per heavy atom. The molecule has 2 aromatic carbocycles. The average Bonchev–Trinajstić information content (AvgIpc) is 3.06. The molecule has 1 N–H and O–H groups in total. The maximum absolute atomic E-state index is 5.47. The van der Waals surface area contributed by atoms with Crippen molar-refractivity contribution in [2.75, 3.05) is 19.5 Å². The lowest BCUT2D eigenvalue weighted by Gasteiger charge is -2.14. The lowest BCUT2D eigenvalue weighted by molar-refractivity contribution is 0.356. The second-order valence-electron chi connectivity index (χ2n) is 6.07. The third kappa shape index (κ3) is 3.16. The van der Waals surface area contributed by atoms with Gasteiger partial charge in [-0.25, -0.2) is 0 Å². The second-order valence-corrected chi connectivity index (χ2v) is 6.98. The predicted octanol–water partition coefficient (Wildman–Crippen LogP) is 3.98. The van der Waals surface area contributed by atoms with Crippen LogP contribution in [0.3, 0.4) is 0 Å². The maximum atomic E-state index is 5.47. The molecular formula is C19H18BrN5O2. The standard InChI is InChI=1S/C19H18BrN5O2/c1-11-22-23-19-15-9-17(27-3)16(26-2)8-14(15)18(24-25(11)19)21-10-12-5-4-6-13(20)7-12/h4-9H,10H2,1-3H3,(H,21,24). The minimum Gasteiger partial charge on any atom is -0.493 e. The first-order valence-corrected chi connectivity index (χ1v) is 9.16. The van der Waals surface area contributed by atoms with Gasteiger partial charge in [0.25, 0.3) is 0 Å². The lowest BCUT2D eigenvalue weighted by atomic mass is 10.1. The number of hydrogen-bond acceptors (Lipinski definition) is 6. The molecule has 0 saturated carbocycles. The van der Waals surface area contributed by atoms with E-state index in [1.54, 1.807) is 18.7 Å². The highest BCUT2D eigenvalue weighted by molar-refractivity contribution is 9.10. The van der Waals surface area contributed by atoms with Crippen molar-refractivity contribution in [3.05, 3.63) is 52.3 Å². The molecule has 0 aliphatic rings. The Hall–Kier alpha value is -2.87. The summed E-state index contributed by atoms with van der Waals surface area (Å²) in [6.45, 7) is 2.50. The number of benzene rings is 2. The Labute approximate surface area is 164 Å². The van der Waals surface area contributed by atoms with Crippen LogP contribution in [0.5, 0.6) is 11.5 Å². The third-order valence-corrected chi connectivity index (χ3v) is 4.86. The molecule has 0 amide bonds. The van der Waals surface area contributed by atoms with Crippen LogP contribution in [0.1, 0.15) is 11.4 Å². The topological polar surface area (TPSA) is 73.6 Å². The lowest BCUT2D eigenvalue weighted by Crippen LogP contribution is -2.06. The van der Waals surface area contributed by atoms with Gasteiger partial charge in [-0.15, -0.1) is 15.3 Å². The summed E-state index contributed by atoms with van der Waals surface area (Å²) in [4.78, 5) is 0. The zero-order chi connectivity index (χ0) is 19.0. The van der Waals surface area contributed by atoms with E-state index >= 15 is 0 Å². The van der Waals surface area contributed by atoms with E-state index in [0.717, 1.165) is 26.6 Å². The van der Waals surface area contributed by atoms with Crippen molar-refractivity contribution in [2.24, 2.45) is 0 Å². The van der Waals surface area contributed by atoms with Crippen LogP contribution in [0, 0.1) is 6.92 Å². The average molecular weight is 428 g/mol. The monoisotopic (exact) mass is 427 g/mol. The largest absolute Gasteiger partial charge is 0.493 e. The number of aromatic nitrogens is 4. The molecular weight excluding hydrogens is 410 g/mol. The summed E-state index contributed by atoms with van der Waals surface area (Å²) in [6.07, 6.45) is 0. The maximum Gasteiger partial charge on any atom is 0.185 e. The van der Waals surface area contributed by atoms with Crippen LogP contribution in [0.25, 0.3) is 16.4 Å². The van der Waals surface area contributed by atoms with Gasteiger partial charge in [-0.1, -0.05) is 28.1 Å². The number of nitrogens with zero attached hydrogens (tertiary/aromatic N) is 4. The van der Waals surface area contributed by atoms with Crippen LogP contribution < -0.4 is 14.8 Å². The summed E-state index contributed by atoms with van der Waals surface area (Å²) in [5.74, 6) is 2.71. The fraction of sp³-hybridized carbons (Fsp3) is 0.211. The SMILES string of the molecule is COc1cc2c(NCc3cccc(Br)c3)nn3c(C)nnc3c2cc1OC. The van der Waals surface area contributed by atoms with Crippen LogP contribution in [0.2, 0.25) is 0 Å². The van der Waals surface area contributed by atoms with Crippen LogP contribution >= 0.6 is 15.9 Å². The third-order valence-electron chi connectivity index (χ3n) is 4.37. The van der Waals surface area contributed by atoms with Gasteiger partial charge in [0, 0.05) is 21.8 Å². The van der Waals surface area contributed by atoms with E-state index in [2.05, 4.69) is 43.6 Å². The van der Waals surface area contributed by atoms with Crippen molar-refractivity contribution in [1.82, 2.24) is 19.8 Å². The number of nitrogens with one attached hydrogen (secondary N) is 1. The van der Waals surface area contributed by atoms with Crippen molar-refractivity contribution >= 4 is 38.2 Å². The minimum atomic E-state index is 0.628. The number of halogens is 1. The van der Waals surface area contributed by atoms with Crippen LogP contribution in [-0.2, 0) is 6.54 Å². The zero-order valence-electron chi connectivity index (χ0n) is 15.2. The minimum absolute atomic E-state index is 0.628. The summed E-state index contributed by atoms with van der Waals surface area (Å²) >= 11 is 3.51. The van der Waals surface area contributed by atoms with E-state index in [4.69, 9.17) is 14.6 Å². The van der Waals surface area contributed by atoms with E-state index < -0.39 is 0 Å². The van der Waals surface area contributed by atoms with Gasteiger partial charge in [-0.2, -0.15) is 4.52 Å². The first-order chi connectivity index (χ1) is 13.1. The molecule has 0 unspecified atom stereocenters. The molecule has 8 heteroatoms. The van der Waals surface area contributed by atoms with E-state index in [1.165, 1.54) is 0 Å². The highest BCUT2D eigenvalue weighted by Crippen LogP contribution is 2.36. The molecule has 0 radical (unpaired) electrons. The van der Waals surface area contributed by atoms with Gasteiger partial charge in [-0.3, -0.25) is 0 Å². The van der Waals surface area contributed by atoms with Gasteiger partial charge in [0.2, 0.25) is 0 Å². The molecule has 0 atom stereocenters. The van der Waals surface area contributed by atoms with Crippen LogP contribution in [0.4, 0.5) is 5.82 Å². The number of hydrogen-bond donors (Lipinski definition) is 1. The van der Waals surface area contributed by atoms with E-state index in [0.29, 0.717) is 29.5 Å². The first-order valence-electron chi connectivity index (χ1n) is 8.36. The summed E-state index contributed by atoms with van der Waals surface area (Å²) < 4.78 is 13.7. The Bertz CT molecular complexity index is 1140. The van der Waals surface area contributed by atoms with Crippen LogP contribution in [-0.4, -0.2) is 34.0 Å². The highest BCUT2D eigenvalue weighted by Gasteiger charge is 2.16. The number of anilines is 1. The van der Waals surface area contributed by atoms with Gasteiger partial charge < -0.3 is 14.8 Å². The Kier molecular flexibility index (Phi) is 4.57. The highest BCUT2D eigenvalue weighted by atomic mass is 79.9. The summed E-state index contributed by atoms with van der Waals surface area (Å²) in [5, 5.41) is 18.3. The van der Waals surface area contributed by atoms with E-state index in [1.807, 2.05) is 31.2 Å². The van der Waals surface area contributed by atoms with E-state index in [-0.39, 0.29) is 0 Å². The van der Waals surface area contributed by atoms with E-state index in [9.17, 15) is 0 Å². The van der Waals surface area contributed by atoms with Crippen molar-refractivity contribution in [2.45, 2.75) is 13.5 Å². The van der Waals surface area contributed by atoms with Gasteiger partial charge in [0.1, 0.15) is 0 Å². The number of rotatable bonds is 5. The van der Waals surface area contributed by atoms with Gasteiger partial charge >= 0.3 is 0 Å². The fourth-order valence-electron chi connectivity index (χ4n) is 3.02. The molecule has 27 heavy (non-hydrogen) atoms. The Balaban J connectivity index is 1.87. The van der Waals surface area contributed by atoms with Crippen molar-refractivity contribution in [3.8, 4) is 11.5 Å². The molecule has 0 aliphatic carbocycles. The summed E-state index contributed by atoms with van der Waals surface area (Å²) in [6, 6.07) is 12.0. The second kappa shape index (κ2) is 7.03. The van der Waals surface area contributed by atoms with Crippen LogP contribution in [0.15, 0.2) is 40.9 Å².